The Hall–Kier alpha value is -1.51. The Balaban J connectivity index is 2.89. The van der Waals surface area contributed by atoms with Crippen LogP contribution in [0.15, 0.2) is 18.5 Å². The van der Waals surface area contributed by atoms with Gasteiger partial charge < -0.3 is 0 Å². The van der Waals surface area contributed by atoms with Crippen LogP contribution < -0.4 is 0 Å². The Labute approximate surface area is 70.5 Å². The number of rotatable bonds is 0. The highest BCUT2D eigenvalue weighted by Crippen LogP contribution is 2.11. The van der Waals surface area contributed by atoms with Gasteiger partial charge in [-0.1, -0.05) is 0 Å². The molecular weight excluding hydrogens is 150 g/mol. The van der Waals surface area contributed by atoms with Crippen molar-refractivity contribution in [2.45, 2.75) is 13.8 Å². The van der Waals surface area contributed by atoms with Gasteiger partial charge in [-0.15, -0.1) is 0 Å². The van der Waals surface area contributed by atoms with Crippen molar-refractivity contribution in [1.29, 1.82) is 0 Å². The predicted octanol–water partition coefficient (Wildman–Crippen LogP) is 1.64. The summed E-state index contributed by atoms with van der Waals surface area (Å²) in [6.45, 7) is 3.98. The summed E-state index contributed by atoms with van der Waals surface area (Å²) >= 11 is 0. The fourth-order valence-corrected chi connectivity index (χ4v) is 1.27. The molecule has 0 saturated heterocycles. The summed E-state index contributed by atoms with van der Waals surface area (Å²) in [6, 6.07) is 2.01. The van der Waals surface area contributed by atoms with Gasteiger partial charge in [-0.2, -0.15) is 0 Å². The molecule has 0 fully saturated rings. The first-order chi connectivity index (χ1) is 5.77. The molecule has 0 aliphatic rings. The van der Waals surface area contributed by atoms with E-state index in [1.54, 1.807) is 12.4 Å². The van der Waals surface area contributed by atoms with Gasteiger partial charge in [-0.05, 0) is 25.5 Å². The standard InChI is InChI=1S/C9H9N3/c1-6-5-7(2)12-9-8(6)10-3-4-11-9/h3-5H,1-2H3. The van der Waals surface area contributed by atoms with E-state index < -0.39 is 0 Å². The Bertz CT molecular complexity index is 423. The Morgan fingerprint density at radius 3 is 2.67 bits per heavy atom. The molecule has 3 heteroatoms. The van der Waals surface area contributed by atoms with Crippen molar-refractivity contribution in [3.05, 3.63) is 29.7 Å². The smallest absolute Gasteiger partial charge is 0.178 e. The van der Waals surface area contributed by atoms with Crippen molar-refractivity contribution >= 4 is 11.2 Å². The molecule has 0 unspecified atom stereocenters. The van der Waals surface area contributed by atoms with E-state index in [1.165, 1.54) is 0 Å². The average Bonchev–Trinajstić information content (AvgIpc) is 2.04. The van der Waals surface area contributed by atoms with Gasteiger partial charge in [0.25, 0.3) is 0 Å². The summed E-state index contributed by atoms with van der Waals surface area (Å²) in [5.74, 6) is 0. The quantitative estimate of drug-likeness (QED) is 0.586. The fraction of sp³-hybridized carbons (Fsp3) is 0.222. The maximum atomic E-state index is 4.26. The largest absolute Gasteiger partial charge is 0.251 e. The first kappa shape index (κ1) is 7.16. The molecule has 0 aliphatic carbocycles. The normalized spacial score (nSPS) is 10.5. The molecule has 0 radical (unpaired) electrons. The number of hydrogen-bond donors (Lipinski definition) is 0. The number of pyridine rings is 1. The summed E-state index contributed by atoms with van der Waals surface area (Å²) in [5.41, 5.74) is 3.74. The fourth-order valence-electron chi connectivity index (χ4n) is 1.27. The lowest BCUT2D eigenvalue weighted by molar-refractivity contribution is 1.15. The van der Waals surface area contributed by atoms with E-state index in [2.05, 4.69) is 15.0 Å². The third-order valence-electron chi connectivity index (χ3n) is 1.76. The van der Waals surface area contributed by atoms with Crippen LogP contribution >= 0.6 is 0 Å². The number of nitrogens with zero attached hydrogens (tertiary/aromatic N) is 3. The molecule has 2 rings (SSSR count). The number of aromatic nitrogens is 3. The molecule has 0 saturated carbocycles. The first-order valence-corrected chi connectivity index (χ1v) is 3.82. The highest BCUT2D eigenvalue weighted by molar-refractivity contribution is 5.73. The molecule has 60 valence electrons. The van der Waals surface area contributed by atoms with Crippen LogP contribution in [0.25, 0.3) is 11.2 Å². The third kappa shape index (κ3) is 1.03. The molecule has 12 heavy (non-hydrogen) atoms. The van der Waals surface area contributed by atoms with Gasteiger partial charge in [0, 0.05) is 18.1 Å². The van der Waals surface area contributed by atoms with Crippen LogP contribution in [0, 0.1) is 13.8 Å². The monoisotopic (exact) mass is 159 g/mol. The highest BCUT2D eigenvalue weighted by Gasteiger charge is 2.00. The second-order valence-electron chi connectivity index (χ2n) is 2.81. The zero-order chi connectivity index (χ0) is 8.55. The van der Waals surface area contributed by atoms with Crippen LogP contribution in [0.5, 0.6) is 0 Å². The van der Waals surface area contributed by atoms with Crippen molar-refractivity contribution in [2.75, 3.05) is 0 Å². The van der Waals surface area contributed by atoms with Crippen molar-refractivity contribution in [2.24, 2.45) is 0 Å². The molecule has 2 aromatic rings. The Kier molecular flexibility index (Phi) is 1.50. The molecule has 2 aromatic heterocycles. The first-order valence-electron chi connectivity index (χ1n) is 3.82. The molecule has 3 nitrogen and oxygen atoms in total. The predicted molar refractivity (Wildman–Crippen MR) is 46.8 cm³/mol. The van der Waals surface area contributed by atoms with Gasteiger partial charge in [0.15, 0.2) is 5.65 Å². The van der Waals surface area contributed by atoms with Gasteiger partial charge in [0.05, 0.1) is 0 Å². The second kappa shape index (κ2) is 2.52. The molecule has 0 N–H and O–H groups in total. The van der Waals surface area contributed by atoms with Gasteiger partial charge in [-0.25, -0.2) is 9.97 Å². The average molecular weight is 159 g/mol. The maximum absolute atomic E-state index is 4.26. The summed E-state index contributed by atoms with van der Waals surface area (Å²) in [5, 5.41) is 0. The maximum Gasteiger partial charge on any atom is 0.178 e. The molecule has 0 spiro atoms. The lowest BCUT2D eigenvalue weighted by atomic mass is 10.2. The molecule has 0 amide bonds. The van der Waals surface area contributed by atoms with E-state index in [0.29, 0.717) is 0 Å². The van der Waals surface area contributed by atoms with Crippen LogP contribution in [0.1, 0.15) is 11.3 Å². The Morgan fingerprint density at radius 2 is 1.83 bits per heavy atom. The number of hydrogen-bond acceptors (Lipinski definition) is 3. The minimum atomic E-state index is 0.731. The third-order valence-corrected chi connectivity index (χ3v) is 1.76. The summed E-state index contributed by atoms with van der Waals surface area (Å²) in [4.78, 5) is 12.6. The zero-order valence-corrected chi connectivity index (χ0v) is 7.07. The summed E-state index contributed by atoms with van der Waals surface area (Å²) in [7, 11) is 0. The molecule has 0 atom stereocenters. The minimum absolute atomic E-state index is 0.731. The molecule has 2 heterocycles. The number of aryl methyl sites for hydroxylation is 2. The van der Waals surface area contributed by atoms with Crippen molar-refractivity contribution in [3.63, 3.8) is 0 Å². The van der Waals surface area contributed by atoms with Gasteiger partial charge in [-0.3, -0.25) is 4.98 Å². The van der Waals surface area contributed by atoms with Crippen LogP contribution in [0.2, 0.25) is 0 Å². The van der Waals surface area contributed by atoms with E-state index in [1.807, 2.05) is 19.9 Å². The minimum Gasteiger partial charge on any atom is -0.251 e. The number of fused-ring (bicyclic) bond motifs is 1. The SMILES string of the molecule is Cc1cc(C)c2nccnc2n1. The van der Waals surface area contributed by atoms with E-state index in [0.717, 1.165) is 22.4 Å². The summed E-state index contributed by atoms with van der Waals surface area (Å²) < 4.78 is 0. The lowest BCUT2D eigenvalue weighted by Gasteiger charge is -1.99. The van der Waals surface area contributed by atoms with E-state index in [-0.39, 0.29) is 0 Å². The van der Waals surface area contributed by atoms with E-state index in [9.17, 15) is 0 Å². The van der Waals surface area contributed by atoms with Crippen LogP contribution in [0.4, 0.5) is 0 Å². The van der Waals surface area contributed by atoms with Crippen LogP contribution in [0.3, 0.4) is 0 Å². The summed E-state index contributed by atoms with van der Waals surface area (Å²) in [6.07, 6.45) is 3.35. The van der Waals surface area contributed by atoms with E-state index in [4.69, 9.17) is 0 Å². The molecule has 0 aliphatic heterocycles. The molecular formula is C9H9N3. The second-order valence-corrected chi connectivity index (χ2v) is 2.81. The van der Waals surface area contributed by atoms with E-state index >= 15 is 0 Å². The lowest BCUT2D eigenvalue weighted by Crippen LogP contribution is -1.91. The molecule has 0 bridgehead atoms. The van der Waals surface area contributed by atoms with Crippen LogP contribution in [-0.2, 0) is 0 Å². The van der Waals surface area contributed by atoms with Crippen molar-refractivity contribution < 1.29 is 0 Å². The zero-order valence-electron chi connectivity index (χ0n) is 7.07. The van der Waals surface area contributed by atoms with Crippen molar-refractivity contribution in [1.82, 2.24) is 15.0 Å². The highest BCUT2D eigenvalue weighted by atomic mass is 14.9. The van der Waals surface area contributed by atoms with Crippen LogP contribution in [-0.4, -0.2) is 15.0 Å². The Morgan fingerprint density at radius 1 is 1.08 bits per heavy atom. The topological polar surface area (TPSA) is 38.7 Å². The molecule has 0 aromatic carbocycles. The van der Waals surface area contributed by atoms with Gasteiger partial charge in [0.1, 0.15) is 5.52 Å². The van der Waals surface area contributed by atoms with Gasteiger partial charge in [0.2, 0.25) is 0 Å². The van der Waals surface area contributed by atoms with Crippen molar-refractivity contribution in [3.8, 4) is 0 Å². The van der Waals surface area contributed by atoms with Gasteiger partial charge >= 0.3 is 0 Å².